The van der Waals surface area contributed by atoms with E-state index in [4.69, 9.17) is 16.3 Å². The number of carbonyl (C=O) groups excluding carboxylic acids is 1. The molecule has 24 heavy (non-hydrogen) atoms. The van der Waals surface area contributed by atoms with Crippen molar-refractivity contribution < 1.29 is 13.9 Å². The molecular weight excluding hydrogens is 331 g/mol. The average molecular weight is 349 g/mol. The summed E-state index contributed by atoms with van der Waals surface area (Å²) in [6, 6.07) is 11.7. The van der Waals surface area contributed by atoms with Crippen molar-refractivity contribution in [2.24, 2.45) is 5.92 Å². The number of halogens is 2. The van der Waals surface area contributed by atoms with Crippen molar-refractivity contribution in [1.82, 2.24) is 5.32 Å². The first kappa shape index (κ1) is 16.7. The smallest absolute Gasteiger partial charge is 0.411 e. The van der Waals surface area contributed by atoms with E-state index in [0.717, 1.165) is 30.6 Å². The van der Waals surface area contributed by atoms with Crippen molar-refractivity contribution >= 4 is 23.4 Å². The fourth-order valence-electron chi connectivity index (χ4n) is 2.70. The predicted molar refractivity (Wildman–Crippen MR) is 92.8 cm³/mol. The number of benzene rings is 2. The van der Waals surface area contributed by atoms with Crippen LogP contribution in [-0.4, -0.2) is 25.8 Å². The monoisotopic (exact) mass is 348 g/mol. The molecule has 2 N–H and O–H groups in total. The van der Waals surface area contributed by atoms with Gasteiger partial charge in [0.15, 0.2) is 0 Å². The molecule has 1 aliphatic heterocycles. The molecule has 4 nitrogen and oxygen atoms in total. The zero-order valence-corrected chi connectivity index (χ0v) is 13.8. The van der Waals surface area contributed by atoms with Crippen LogP contribution in [0.15, 0.2) is 42.5 Å². The zero-order chi connectivity index (χ0) is 16.9. The Balaban J connectivity index is 1.71. The number of nitrogens with one attached hydrogen (secondary N) is 2. The van der Waals surface area contributed by atoms with Crippen molar-refractivity contribution in [2.75, 3.05) is 25.0 Å². The number of ether oxygens (including phenoxy) is 1. The van der Waals surface area contributed by atoms with Crippen LogP contribution in [0.3, 0.4) is 0 Å². The number of carbonyl (C=O) groups is 1. The molecule has 0 unspecified atom stereocenters. The fraction of sp³-hybridized carbons (Fsp3) is 0.278. The van der Waals surface area contributed by atoms with E-state index in [9.17, 15) is 9.18 Å². The molecule has 0 bridgehead atoms. The fourth-order valence-corrected chi connectivity index (χ4v) is 2.88. The van der Waals surface area contributed by atoms with Crippen molar-refractivity contribution in [3.63, 3.8) is 0 Å². The molecule has 2 aromatic carbocycles. The lowest BCUT2D eigenvalue weighted by atomic mass is 10.0. The highest BCUT2D eigenvalue weighted by Crippen LogP contribution is 2.30. The first-order valence-corrected chi connectivity index (χ1v) is 8.20. The third-order valence-corrected chi connectivity index (χ3v) is 4.30. The molecular formula is C18H18ClFN2O2. The second-order valence-electron chi connectivity index (χ2n) is 5.76. The molecule has 1 heterocycles. The Morgan fingerprint density at radius 2 is 2.17 bits per heavy atom. The highest BCUT2D eigenvalue weighted by molar-refractivity contribution is 6.31. The summed E-state index contributed by atoms with van der Waals surface area (Å²) in [5, 5.41) is 6.02. The molecule has 0 aliphatic carbocycles. The van der Waals surface area contributed by atoms with Crippen LogP contribution in [0, 0.1) is 11.7 Å². The molecule has 0 radical (unpaired) electrons. The highest BCUT2D eigenvalue weighted by atomic mass is 35.5. The summed E-state index contributed by atoms with van der Waals surface area (Å²) in [6.45, 7) is 2.23. The summed E-state index contributed by atoms with van der Waals surface area (Å²) < 4.78 is 18.6. The second-order valence-corrected chi connectivity index (χ2v) is 6.16. The summed E-state index contributed by atoms with van der Waals surface area (Å²) in [5.74, 6) is -0.114. The Labute approximate surface area is 145 Å². The van der Waals surface area contributed by atoms with Crippen LogP contribution in [0.5, 0.6) is 0 Å². The van der Waals surface area contributed by atoms with Crippen LogP contribution in [0.2, 0.25) is 5.02 Å². The minimum atomic E-state index is -0.498. The van der Waals surface area contributed by atoms with E-state index in [-0.39, 0.29) is 5.02 Å². The minimum Gasteiger partial charge on any atom is -0.449 e. The van der Waals surface area contributed by atoms with Gasteiger partial charge in [-0.15, -0.1) is 0 Å². The molecule has 0 saturated carbocycles. The molecule has 3 rings (SSSR count). The van der Waals surface area contributed by atoms with Gasteiger partial charge in [0.2, 0.25) is 0 Å². The Morgan fingerprint density at radius 1 is 1.33 bits per heavy atom. The predicted octanol–water partition coefficient (Wildman–Crippen LogP) is 4.30. The normalized spacial score (nSPS) is 16.8. The topological polar surface area (TPSA) is 50.4 Å². The molecule has 1 fully saturated rings. The lowest BCUT2D eigenvalue weighted by Gasteiger charge is -2.13. The van der Waals surface area contributed by atoms with Gasteiger partial charge in [-0.2, -0.15) is 0 Å². The second kappa shape index (κ2) is 7.64. The maximum atomic E-state index is 13.3. The first-order valence-electron chi connectivity index (χ1n) is 7.82. The van der Waals surface area contributed by atoms with Gasteiger partial charge in [-0.25, -0.2) is 9.18 Å². The van der Waals surface area contributed by atoms with Crippen LogP contribution < -0.4 is 10.6 Å². The first-order chi connectivity index (χ1) is 11.6. The third kappa shape index (κ3) is 4.04. The summed E-state index contributed by atoms with van der Waals surface area (Å²) in [7, 11) is 0. The Bertz CT molecular complexity index is 733. The van der Waals surface area contributed by atoms with E-state index >= 15 is 0 Å². The summed E-state index contributed by atoms with van der Waals surface area (Å²) in [4.78, 5) is 12.0. The van der Waals surface area contributed by atoms with Gasteiger partial charge in [0.1, 0.15) is 5.82 Å². The van der Waals surface area contributed by atoms with Gasteiger partial charge in [0.25, 0.3) is 0 Å². The number of para-hydroxylation sites is 1. The van der Waals surface area contributed by atoms with Crippen LogP contribution in [-0.2, 0) is 4.74 Å². The van der Waals surface area contributed by atoms with E-state index in [2.05, 4.69) is 10.6 Å². The molecule has 1 aliphatic rings. The number of anilines is 1. The maximum Gasteiger partial charge on any atom is 0.411 e. The van der Waals surface area contributed by atoms with Gasteiger partial charge >= 0.3 is 6.09 Å². The SMILES string of the molecule is O=C(Nc1ccccc1-c1ccc(F)c(Cl)c1)OC[C@@H]1CCNC1. The van der Waals surface area contributed by atoms with Gasteiger partial charge in [-0.1, -0.05) is 35.9 Å². The number of amides is 1. The molecule has 0 aromatic heterocycles. The standard InChI is InChI=1S/C18H18ClFN2O2/c19-15-9-13(5-6-16(15)20)14-3-1-2-4-17(14)22-18(23)24-11-12-7-8-21-10-12/h1-6,9,12,21H,7-8,10-11H2,(H,22,23)/t12-/m1/s1. The van der Waals surface area contributed by atoms with Crippen LogP contribution >= 0.6 is 11.6 Å². The van der Waals surface area contributed by atoms with E-state index in [1.165, 1.54) is 12.1 Å². The Hall–Kier alpha value is -2.11. The van der Waals surface area contributed by atoms with E-state index in [0.29, 0.717) is 18.2 Å². The van der Waals surface area contributed by atoms with Crippen molar-refractivity contribution in [2.45, 2.75) is 6.42 Å². The largest absolute Gasteiger partial charge is 0.449 e. The van der Waals surface area contributed by atoms with Gasteiger partial charge in [-0.3, -0.25) is 5.32 Å². The highest BCUT2D eigenvalue weighted by Gasteiger charge is 2.17. The van der Waals surface area contributed by atoms with Gasteiger partial charge in [0.05, 0.1) is 17.3 Å². The molecule has 6 heteroatoms. The molecule has 2 aromatic rings. The number of hydrogen-bond acceptors (Lipinski definition) is 3. The minimum absolute atomic E-state index is 0.0404. The summed E-state index contributed by atoms with van der Waals surface area (Å²) >= 11 is 5.85. The summed E-state index contributed by atoms with van der Waals surface area (Å²) in [6.07, 6.45) is 0.514. The quantitative estimate of drug-likeness (QED) is 0.866. The average Bonchev–Trinajstić information content (AvgIpc) is 3.10. The Kier molecular flexibility index (Phi) is 5.33. The summed E-state index contributed by atoms with van der Waals surface area (Å²) in [5.41, 5.74) is 2.06. The zero-order valence-electron chi connectivity index (χ0n) is 13.0. The lowest BCUT2D eigenvalue weighted by Crippen LogP contribution is -2.20. The Morgan fingerprint density at radius 3 is 2.92 bits per heavy atom. The van der Waals surface area contributed by atoms with Crippen molar-refractivity contribution in [3.05, 3.63) is 53.3 Å². The molecule has 1 amide bonds. The van der Waals surface area contributed by atoms with Crippen LogP contribution in [0.4, 0.5) is 14.9 Å². The van der Waals surface area contributed by atoms with E-state index < -0.39 is 11.9 Å². The third-order valence-electron chi connectivity index (χ3n) is 4.01. The molecule has 1 saturated heterocycles. The maximum absolute atomic E-state index is 13.3. The van der Waals surface area contributed by atoms with E-state index in [1.807, 2.05) is 18.2 Å². The lowest BCUT2D eigenvalue weighted by molar-refractivity contribution is 0.144. The van der Waals surface area contributed by atoms with Gasteiger partial charge < -0.3 is 10.1 Å². The van der Waals surface area contributed by atoms with Crippen molar-refractivity contribution in [3.8, 4) is 11.1 Å². The number of hydrogen-bond donors (Lipinski definition) is 2. The van der Waals surface area contributed by atoms with Crippen molar-refractivity contribution in [1.29, 1.82) is 0 Å². The van der Waals surface area contributed by atoms with Crippen LogP contribution in [0.1, 0.15) is 6.42 Å². The molecule has 1 atom stereocenters. The number of rotatable bonds is 4. The van der Waals surface area contributed by atoms with Crippen LogP contribution in [0.25, 0.3) is 11.1 Å². The van der Waals surface area contributed by atoms with Gasteiger partial charge in [-0.05, 0) is 36.7 Å². The molecule has 0 spiro atoms. The van der Waals surface area contributed by atoms with Gasteiger partial charge in [0, 0.05) is 18.0 Å². The molecule has 126 valence electrons. The van der Waals surface area contributed by atoms with E-state index in [1.54, 1.807) is 12.1 Å².